The quantitative estimate of drug-likeness (QED) is 0.571. The normalized spacial score (nSPS) is 11.5. The van der Waals surface area contributed by atoms with Gasteiger partial charge in [-0.15, -0.1) is 16.4 Å². The standard InChI is InChI=1S/C17H24N4O3S2/c1-7-24-14(23)12-9(2)10(3)26-13(12)18-11(22)8-25-16-19-15(20-21-16)17(4,5)6/h7-8H2,1-6H3,(H,18,22)(H,19,20,21). The number of aryl methyl sites for hydroxylation is 1. The number of aromatic nitrogens is 3. The topological polar surface area (TPSA) is 97.0 Å². The lowest BCUT2D eigenvalue weighted by Crippen LogP contribution is -2.16. The summed E-state index contributed by atoms with van der Waals surface area (Å²) < 4.78 is 5.10. The number of thiophene rings is 1. The van der Waals surface area contributed by atoms with Crippen LogP contribution in [0.15, 0.2) is 5.16 Å². The van der Waals surface area contributed by atoms with E-state index in [1.165, 1.54) is 23.1 Å². The number of hydrogen-bond acceptors (Lipinski definition) is 7. The van der Waals surface area contributed by atoms with Crippen LogP contribution < -0.4 is 5.32 Å². The predicted molar refractivity (Wildman–Crippen MR) is 104 cm³/mol. The highest BCUT2D eigenvalue weighted by Crippen LogP contribution is 2.33. The molecule has 26 heavy (non-hydrogen) atoms. The molecule has 0 fully saturated rings. The van der Waals surface area contributed by atoms with Crippen LogP contribution in [0, 0.1) is 13.8 Å². The lowest BCUT2D eigenvalue weighted by molar-refractivity contribution is -0.113. The molecule has 2 rings (SSSR count). The van der Waals surface area contributed by atoms with E-state index in [9.17, 15) is 9.59 Å². The largest absolute Gasteiger partial charge is 0.462 e. The van der Waals surface area contributed by atoms with Gasteiger partial charge in [-0.1, -0.05) is 32.5 Å². The number of rotatable bonds is 6. The number of carbonyl (C=O) groups excluding carboxylic acids is 2. The van der Waals surface area contributed by atoms with E-state index in [4.69, 9.17) is 4.74 Å². The first-order chi connectivity index (χ1) is 12.1. The second-order valence-corrected chi connectivity index (χ2v) is 8.93. The van der Waals surface area contributed by atoms with E-state index in [0.29, 0.717) is 15.7 Å². The third-order valence-electron chi connectivity index (χ3n) is 3.63. The molecule has 0 saturated carbocycles. The van der Waals surface area contributed by atoms with Gasteiger partial charge >= 0.3 is 5.97 Å². The molecule has 0 saturated heterocycles. The van der Waals surface area contributed by atoms with Gasteiger partial charge < -0.3 is 10.1 Å². The third kappa shape index (κ3) is 4.85. The van der Waals surface area contributed by atoms with Gasteiger partial charge in [0.05, 0.1) is 17.9 Å². The number of nitrogens with zero attached hydrogens (tertiary/aromatic N) is 2. The Bertz CT molecular complexity index is 806. The zero-order chi connectivity index (χ0) is 19.5. The van der Waals surface area contributed by atoms with Crippen molar-refractivity contribution < 1.29 is 14.3 Å². The Kier molecular flexibility index (Phi) is 6.46. The van der Waals surface area contributed by atoms with Crippen molar-refractivity contribution in [2.24, 2.45) is 0 Å². The highest BCUT2D eigenvalue weighted by atomic mass is 32.2. The Morgan fingerprint density at radius 1 is 1.31 bits per heavy atom. The van der Waals surface area contributed by atoms with Crippen LogP contribution in [0.25, 0.3) is 0 Å². The van der Waals surface area contributed by atoms with Gasteiger partial charge in [0.2, 0.25) is 11.1 Å². The van der Waals surface area contributed by atoms with Crippen molar-refractivity contribution in [1.29, 1.82) is 0 Å². The fourth-order valence-electron chi connectivity index (χ4n) is 2.10. The van der Waals surface area contributed by atoms with Crippen molar-refractivity contribution in [3.63, 3.8) is 0 Å². The van der Waals surface area contributed by atoms with Crippen LogP contribution in [0.4, 0.5) is 5.00 Å². The molecule has 0 aliphatic carbocycles. The van der Waals surface area contributed by atoms with Gasteiger partial charge in [0.1, 0.15) is 10.8 Å². The van der Waals surface area contributed by atoms with E-state index in [1.54, 1.807) is 6.92 Å². The molecule has 0 radical (unpaired) electrons. The smallest absolute Gasteiger partial charge is 0.341 e. The highest BCUT2D eigenvalue weighted by molar-refractivity contribution is 7.99. The molecule has 0 bridgehead atoms. The zero-order valence-corrected chi connectivity index (χ0v) is 17.5. The van der Waals surface area contributed by atoms with E-state index >= 15 is 0 Å². The van der Waals surface area contributed by atoms with Crippen molar-refractivity contribution >= 4 is 40.0 Å². The molecule has 2 heterocycles. The van der Waals surface area contributed by atoms with Gasteiger partial charge in [0.25, 0.3) is 0 Å². The zero-order valence-electron chi connectivity index (χ0n) is 15.8. The van der Waals surface area contributed by atoms with E-state index in [1.807, 2.05) is 34.6 Å². The molecule has 0 spiro atoms. The third-order valence-corrected chi connectivity index (χ3v) is 5.60. The van der Waals surface area contributed by atoms with Gasteiger partial charge in [-0.05, 0) is 26.3 Å². The summed E-state index contributed by atoms with van der Waals surface area (Å²) in [6.45, 7) is 11.9. The number of aromatic amines is 1. The van der Waals surface area contributed by atoms with Crippen LogP contribution >= 0.6 is 23.1 Å². The second kappa shape index (κ2) is 8.22. The number of H-pyrrole nitrogens is 1. The van der Waals surface area contributed by atoms with Crippen molar-refractivity contribution in [3.8, 4) is 0 Å². The minimum Gasteiger partial charge on any atom is -0.462 e. The molecule has 2 aromatic heterocycles. The molecule has 2 N–H and O–H groups in total. The maximum atomic E-state index is 12.3. The number of hydrogen-bond donors (Lipinski definition) is 2. The minimum atomic E-state index is -0.416. The SMILES string of the molecule is CCOC(=O)c1c(NC(=O)CSc2n[nH]c(C(C)(C)C)n2)sc(C)c1C. The fraction of sp³-hybridized carbons (Fsp3) is 0.529. The van der Waals surface area contributed by atoms with Gasteiger partial charge in [0.15, 0.2) is 0 Å². The van der Waals surface area contributed by atoms with Gasteiger partial charge in [-0.3, -0.25) is 9.89 Å². The molecule has 0 aliphatic heterocycles. The Morgan fingerprint density at radius 3 is 2.58 bits per heavy atom. The summed E-state index contributed by atoms with van der Waals surface area (Å²) in [7, 11) is 0. The van der Waals surface area contributed by atoms with Crippen LogP contribution in [0.1, 0.15) is 54.3 Å². The van der Waals surface area contributed by atoms with Crippen LogP contribution in [0.3, 0.4) is 0 Å². The molecule has 2 aromatic rings. The summed E-state index contributed by atoms with van der Waals surface area (Å²) in [5, 5.41) is 10.9. The van der Waals surface area contributed by atoms with E-state index in [-0.39, 0.29) is 23.7 Å². The molecule has 0 aliphatic rings. The lowest BCUT2D eigenvalue weighted by Gasteiger charge is -2.12. The molecular weight excluding hydrogens is 372 g/mol. The average Bonchev–Trinajstić information content (AvgIpc) is 3.11. The second-order valence-electron chi connectivity index (χ2n) is 6.76. The summed E-state index contributed by atoms with van der Waals surface area (Å²) >= 11 is 2.62. The summed E-state index contributed by atoms with van der Waals surface area (Å²) in [5.41, 5.74) is 1.13. The Balaban J connectivity index is 2.03. The molecule has 0 aromatic carbocycles. The van der Waals surface area contributed by atoms with Crippen LogP contribution in [0.2, 0.25) is 0 Å². The molecule has 1 amide bonds. The first-order valence-electron chi connectivity index (χ1n) is 8.26. The average molecular weight is 397 g/mol. The first kappa shape index (κ1) is 20.4. The van der Waals surface area contributed by atoms with Gasteiger partial charge in [-0.25, -0.2) is 9.78 Å². The minimum absolute atomic E-state index is 0.130. The Labute approximate surface area is 161 Å². The van der Waals surface area contributed by atoms with Gasteiger partial charge in [-0.2, -0.15) is 0 Å². The summed E-state index contributed by atoms with van der Waals surface area (Å²) in [4.78, 5) is 29.8. The monoisotopic (exact) mass is 396 g/mol. The van der Waals surface area contributed by atoms with Crippen LogP contribution in [0.5, 0.6) is 0 Å². The van der Waals surface area contributed by atoms with E-state index in [0.717, 1.165) is 16.3 Å². The van der Waals surface area contributed by atoms with Crippen molar-refractivity contribution in [2.45, 2.75) is 52.1 Å². The number of esters is 1. The number of nitrogens with one attached hydrogen (secondary N) is 2. The molecule has 9 heteroatoms. The van der Waals surface area contributed by atoms with Crippen LogP contribution in [-0.4, -0.2) is 39.4 Å². The summed E-state index contributed by atoms with van der Waals surface area (Å²) in [5.74, 6) is 0.291. The number of thioether (sulfide) groups is 1. The first-order valence-corrected chi connectivity index (χ1v) is 10.1. The predicted octanol–water partition coefficient (Wildman–Crippen LogP) is 3.69. The number of carbonyl (C=O) groups is 2. The highest BCUT2D eigenvalue weighted by Gasteiger charge is 2.23. The Hall–Kier alpha value is -1.87. The van der Waals surface area contributed by atoms with Gasteiger partial charge in [0, 0.05) is 10.3 Å². The fourth-order valence-corrected chi connectivity index (χ4v) is 3.77. The number of ether oxygens (including phenoxy) is 1. The molecule has 7 nitrogen and oxygen atoms in total. The maximum Gasteiger partial charge on any atom is 0.341 e. The number of anilines is 1. The molecule has 0 unspecified atom stereocenters. The molecule has 142 valence electrons. The summed E-state index contributed by atoms with van der Waals surface area (Å²) in [6.07, 6.45) is 0. The molecular formula is C17H24N4O3S2. The Morgan fingerprint density at radius 2 is 2.00 bits per heavy atom. The van der Waals surface area contributed by atoms with Crippen molar-refractivity contribution in [3.05, 3.63) is 21.8 Å². The molecule has 0 atom stereocenters. The van der Waals surface area contributed by atoms with Crippen LogP contribution in [-0.2, 0) is 14.9 Å². The lowest BCUT2D eigenvalue weighted by atomic mass is 9.96. The van der Waals surface area contributed by atoms with Crippen molar-refractivity contribution in [1.82, 2.24) is 15.2 Å². The van der Waals surface area contributed by atoms with Crippen molar-refractivity contribution in [2.75, 3.05) is 17.7 Å². The van der Waals surface area contributed by atoms with E-state index in [2.05, 4.69) is 20.5 Å². The van der Waals surface area contributed by atoms with E-state index < -0.39 is 5.97 Å². The summed E-state index contributed by atoms with van der Waals surface area (Å²) in [6, 6.07) is 0. The maximum absolute atomic E-state index is 12.3. The number of amides is 1.